The summed E-state index contributed by atoms with van der Waals surface area (Å²) in [5, 5.41) is 9.71. The van der Waals surface area contributed by atoms with Gasteiger partial charge in [0.25, 0.3) is 5.91 Å². The Morgan fingerprint density at radius 3 is 2.67 bits per heavy atom. The van der Waals surface area contributed by atoms with Gasteiger partial charge in [0.15, 0.2) is 0 Å². The zero-order valence-corrected chi connectivity index (χ0v) is 18.9. The highest BCUT2D eigenvalue weighted by Crippen LogP contribution is 2.29. The maximum atomic E-state index is 12.7. The largest absolute Gasteiger partial charge is 0.351 e. The van der Waals surface area contributed by atoms with Crippen LogP contribution in [0.5, 0.6) is 0 Å². The van der Waals surface area contributed by atoms with Crippen molar-refractivity contribution in [1.82, 2.24) is 15.6 Å². The zero-order valence-electron chi connectivity index (χ0n) is 15.6. The fourth-order valence-corrected chi connectivity index (χ4v) is 4.66. The Kier molecular flexibility index (Phi) is 10.1. The van der Waals surface area contributed by atoms with Gasteiger partial charge < -0.3 is 10.6 Å². The van der Waals surface area contributed by atoms with Crippen molar-refractivity contribution in [1.29, 1.82) is 0 Å². The molecular weight excluding hydrogens is 421 g/mol. The fourth-order valence-electron chi connectivity index (χ4n) is 3.00. The summed E-state index contributed by atoms with van der Waals surface area (Å²) in [6.07, 6.45) is 2.21. The topological polar surface area (TPSA) is 54.0 Å². The molecule has 1 amide bonds. The van der Waals surface area contributed by atoms with Gasteiger partial charge in [-0.05, 0) is 50.4 Å². The van der Waals surface area contributed by atoms with Crippen LogP contribution in [-0.2, 0) is 5.75 Å². The van der Waals surface area contributed by atoms with Crippen LogP contribution in [0, 0.1) is 12.3 Å². The number of amides is 1. The van der Waals surface area contributed by atoms with Gasteiger partial charge in [-0.25, -0.2) is 4.98 Å². The van der Waals surface area contributed by atoms with Crippen LogP contribution in [0.15, 0.2) is 34.5 Å². The van der Waals surface area contributed by atoms with Crippen molar-refractivity contribution in [3.63, 3.8) is 0 Å². The number of hydrogen-bond acceptors (Lipinski definition) is 5. The van der Waals surface area contributed by atoms with Crippen LogP contribution in [-0.4, -0.2) is 30.5 Å². The number of nitrogens with zero attached hydrogens (tertiary/aromatic N) is 1. The van der Waals surface area contributed by atoms with E-state index in [9.17, 15) is 4.79 Å². The number of rotatable bonds is 6. The molecule has 150 valence electrons. The van der Waals surface area contributed by atoms with E-state index in [1.54, 1.807) is 23.1 Å². The first kappa shape index (κ1) is 24.2. The van der Waals surface area contributed by atoms with Crippen LogP contribution in [0.25, 0.3) is 0 Å². The van der Waals surface area contributed by atoms with Gasteiger partial charge >= 0.3 is 0 Å². The molecule has 1 aliphatic heterocycles. The molecule has 2 aromatic rings. The van der Waals surface area contributed by atoms with Gasteiger partial charge in [0.2, 0.25) is 0 Å². The van der Waals surface area contributed by atoms with Crippen molar-refractivity contribution >= 4 is 53.8 Å². The van der Waals surface area contributed by atoms with Crippen molar-refractivity contribution in [3.05, 3.63) is 45.9 Å². The van der Waals surface area contributed by atoms with Gasteiger partial charge in [-0.15, -0.1) is 47.9 Å². The normalized spacial score (nSPS) is 15.3. The first-order valence-electron chi connectivity index (χ1n) is 8.67. The molecule has 0 radical (unpaired) electrons. The molecule has 8 heteroatoms. The van der Waals surface area contributed by atoms with Gasteiger partial charge in [0, 0.05) is 22.6 Å². The van der Waals surface area contributed by atoms with E-state index in [-0.39, 0.29) is 36.1 Å². The van der Waals surface area contributed by atoms with Crippen molar-refractivity contribution in [3.8, 4) is 0 Å². The van der Waals surface area contributed by atoms with Crippen molar-refractivity contribution in [2.45, 2.75) is 37.3 Å². The summed E-state index contributed by atoms with van der Waals surface area (Å²) in [6.45, 7) is 7.08. The molecule has 0 bridgehead atoms. The number of aromatic nitrogens is 1. The van der Waals surface area contributed by atoms with Crippen LogP contribution in [0.2, 0.25) is 0 Å². The molecule has 1 aromatic carbocycles. The first-order valence-corrected chi connectivity index (χ1v) is 10.5. The predicted molar refractivity (Wildman–Crippen MR) is 120 cm³/mol. The summed E-state index contributed by atoms with van der Waals surface area (Å²) in [4.78, 5) is 18.2. The lowest BCUT2D eigenvalue weighted by molar-refractivity contribution is 0.0919. The van der Waals surface area contributed by atoms with Gasteiger partial charge in [0.1, 0.15) is 0 Å². The van der Waals surface area contributed by atoms with Gasteiger partial charge in [0.05, 0.1) is 16.3 Å². The lowest BCUT2D eigenvalue weighted by Crippen LogP contribution is -2.43. The second-order valence-corrected chi connectivity index (χ2v) is 8.97. The third-order valence-corrected chi connectivity index (χ3v) is 6.59. The SMILES string of the molecule is Cc1nc(CSc2ccccc2C(=O)NCC2(C)CCNCC2)cs1.Cl.Cl. The molecule has 1 fully saturated rings. The molecular formula is C19H27Cl2N3OS2. The molecule has 0 spiro atoms. The van der Waals surface area contributed by atoms with E-state index < -0.39 is 0 Å². The highest BCUT2D eigenvalue weighted by atomic mass is 35.5. The van der Waals surface area contributed by atoms with E-state index in [1.807, 2.05) is 31.2 Å². The summed E-state index contributed by atoms with van der Waals surface area (Å²) < 4.78 is 0. The summed E-state index contributed by atoms with van der Waals surface area (Å²) in [5.41, 5.74) is 2.03. The Morgan fingerprint density at radius 1 is 1.30 bits per heavy atom. The number of carbonyl (C=O) groups excluding carboxylic acids is 1. The number of halogens is 2. The Bertz CT molecular complexity index is 733. The number of nitrogens with one attached hydrogen (secondary N) is 2. The molecule has 27 heavy (non-hydrogen) atoms. The minimum atomic E-state index is 0. The first-order chi connectivity index (χ1) is 12.1. The second-order valence-electron chi connectivity index (χ2n) is 6.89. The Morgan fingerprint density at radius 2 is 2.00 bits per heavy atom. The molecule has 4 nitrogen and oxygen atoms in total. The third-order valence-electron chi connectivity index (χ3n) is 4.66. The molecule has 3 rings (SSSR count). The molecule has 0 atom stereocenters. The monoisotopic (exact) mass is 447 g/mol. The maximum absolute atomic E-state index is 12.7. The fraction of sp³-hybridized carbons (Fsp3) is 0.474. The Balaban J connectivity index is 0.00000182. The average Bonchev–Trinajstić information content (AvgIpc) is 3.04. The lowest BCUT2D eigenvalue weighted by Gasteiger charge is -2.34. The molecule has 0 saturated carbocycles. The highest BCUT2D eigenvalue weighted by Gasteiger charge is 2.27. The minimum absolute atomic E-state index is 0. The summed E-state index contributed by atoms with van der Waals surface area (Å²) in [7, 11) is 0. The number of thioether (sulfide) groups is 1. The van der Waals surface area contributed by atoms with E-state index in [2.05, 4.69) is 27.9 Å². The van der Waals surface area contributed by atoms with Crippen molar-refractivity contribution < 1.29 is 4.79 Å². The third kappa shape index (κ3) is 6.95. The van der Waals surface area contributed by atoms with Gasteiger partial charge in [-0.3, -0.25) is 4.79 Å². The van der Waals surface area contributed by atoms with Crippen LogP contribution >= 0.6 is 47.9 Å². The van der Waals surface area contributed by atoms with Crippen LogP contribution < -0.4 is 10.6 Å². The van der Waals surface area contributed by atoms with Crippen molar-refractivity contribution in [2.75, 3.05) is 19.6 Å². The average molecular weight is 448 g/mol. The van der Waals surface area contributed by atoms with Gasteiger partial charge in [-0.1, -0.05) is 19.1 Å². The van der Waals surface area contributed by atoms with E-state index in [0.717, 1.165) is 59.4 Å². The summed E-state index contributed by atoms with van der Waals surface area (Å²) >= 11 is 3.34. The Labute approximate surface area is 182 Å². The predicted octanol–water partition coefficient (Wildman–Crippen LogP) is 4.71. The number of piperidine rings is 1. The minimum Gasteiger partial charge on any atom is -0.351 e. The molecule has 0 aliphatic carbocycles. The second kappa shape index (κ2) is 11.3. The number of hydrogen-bond donors (Lipinski definition) is 2. The molecule has 2 heterocycles. The molecule has 1 aromatic heterocycles. The van der Waals surface area contributed by atoms with Crippen LogP contribution in [0.4, 0.5) is 0 Å². The standard InChI is InChI=1S/C19H25N3OS2.2ClH/c1-14-22-15(11-24-14)12-25-17-6-4-3-5-16(17)18(23)21-13-19(2)7-9-20-10-8-19;;/h3-6,11,20H,7-10,12-13H2,1-2H3,(H,21,23);2*1H. The number of benzene rings is 1. The Hall–Kier alpha value is -0.790. The molecule has 0 unspecified atom stereocenters. The number of carbonyl (C=O) groups is 1. The quantitative estimate of drug-likeness (QED) is 0.629. The van der Waals surface area contributed by atoms with E-state index >= 15 is 0 Å². The number of thiazole rings is 1. The van der Waals surface area contributed by atoms with Gasteiger partial charge in [-0.2, -0.15) is 0 Å². The zero-order chi connectivity index (χ0) is 17.7. The smallest absolute Gasteiger partial charge is 0.252 e. The molecule has 1 saturated heterocycles. The van der Waals surface area contributed by atoms with Crippen LogP contribution in [0.3, 0.4) is 0 Å². The lowest BCUT2D eigenvalue weighted by atomic mass is 9.81. The van der Waals surface area contributed by atoms with E-state index in [1.165, 1.54) is 0 Å². The summed E-state index contributed by atoms with van der Waals surface area (Å²) in [5.74, 6) is 0.815. The maximum Gasteiger partial charge on any atom is 0.252 e. The van der Waals surface area contributed by atoms with E-state index in [4.69, 9.17) is 0 Å². The van der Waals surface area contributed by atoms with Crippen molar-refractivity contribution in [2.24, 2.45) is 5.41 Å². The number of aryl methyl sites for hydroxylation is 1. The highest BCUT2D eigenvalue weighted by molar-refractivity contribution is 7.98. The molecule has 1 aliphatic rings. The summed E-state index contributed by atoms with van der Waals surface area (Å²) in [6, 6.07) is 7.84. The molecule has 2 N–H and O–H groups in total. The van der Waals surface area contributed by atoms with E-state index in [0.29, 0.717) is 0 Å². The van der Waals surface area contributed by atoms with Crippen LogP contribution in [0.1, 0.15) is 40.8 Å².